The van der Waals surface area contributed by atoms with Crippen molar-refractivity contribution in [2.24, 2.45) is 0 Å². The van der Waals surface area contributed by atoms with Gasteiger partial charge in [-0.15, -0.1) is 0 Å². The number of halogens is 4. The fourth-order valence-corrected chi connectivity index (χ4v) is 2.03. The molecule has 0 radical (unpaired) electrons. The van der Waals surface area contributed by atoms with Crippen molar-refractivity contribution in [3.8, 4) is 0 Å². The van der Waals surface area contributed by atoms with E-state index in [2.05, 4.69) is 20.8 Å². The largest absolute Gasteiger partial charge is 0.416 e. The van der Waals surface area contributed by atoms with Crippen LogP contribution in [0.3, 0.4) is 0 Å². The van der Waals surface area contributed by atoms with E-state index >= 15 is 0 Å². The molecule has 0 amide bonds. The summed E-state index contributed by atoms with van der Waals surface area (Å²) in [7, 11) is 0. The average molecular weight is 310 g/mol. The molecule has 0 aromatic heterocycles. The van der Waals surface area contributed by atoms with E-state index in [1.807, 2.05) is 6.92 Å². The van der Waals surface area contributed by atoms with E-state index in [0.717, 1.165) is 42.7 Å². The summed E-state index contributed by atoms with van der Waals surface area (Å²) in [5, 5.41) is 0.800. The van der Waals surface area contributed by atoms with Crippen LogP contribution in [-0.2, 0) is 6.18 Å². The lowest BCUT2D eigenvalue weighted by Gasteiger charge is -2.23. The summed E-state index contributed by atoms with van der Waals surface area (Å²) in [5.41, 5.74) is 0.232. The van der Waals surface area contributed by atoms with Gasteiger partial charge in [-0.2, -0.15) is 13.2 Å². The monoisotopic (exact) mass is 309 g/mol. The molecule has 0 aliphatic rings. The maximum Gasteiger partial charge on any atom is 0.416 e. The second kappa shape index (κ2) is 6.28. The van der Waals surface area contributed by atoms with Crippen LogP contribution in [0.5, 0.6) is 0 Å². The molecule has 0 atom stereocenters. The zero-order valence-corrected chi connectivity index (χ0v) is 11.2. The molecule has 1 aromatic carbocycles. The maximum absolute atomic E-state index is 12.4. The molecule has 1 nitrogen and oxygen atoms in total. The highest BCUT2D eigenvalue weighted by atomic mass is 79.9. The summed E-state index contributed by atoms with van der Waals surface area (Å²) in [6.45, 7) is 3.68. The highest BCUT2D eigenvalue weighted by Gasteiger charge is 2.30. The standard InChI is InChI=1S/C12H15BrF3N/c1-2-8-17(9-7-13)11-5-3-10(4-6-11)12(14,15)16/h3-6H,2,7-9H2,1H3. The van der Waals surface area contributed by atoms with Crippen LogP contribution in [0.25, 0.3) is 0 Å². The Labute approximate surface area is 108 Å². The third-order valence-corrected chi connectivity index (χ3v) is 2.76. The summed E-state index contributed by atoms with van der Waals surface area (Å²) in [5.74, 6) is 0. The first-order valence-corrected chi connectivity index (χ1v) is 6.59. The van der Waals surface area contributed by atoms with E-state index in [-0.39, 0.29) is 0 Å². The van der Waals surface area contributed by atoms with Crippen molar-refractivity contribution in [2.75, 3.05) is 23.3 Å². The number of hydrogen-bond acceptors (Lipinski definition) is 1. The van der Waals surface area contributed by atoms with Gasteiger partial charge in [-0.1, -0.05) is 22.9 Å². The van der Waals surface area contributed by atoms with Gasteiger partial charge in [0.05, 0.1) is 5.56 Å². The Balaban J connectivity index is 2.84. The molecule has 0 unspecified atom stereocenters. The summed E-state index contributed by atoms with van der Waals surface area (Å²) >= 11 is 3.34. The van der Waals surface area contributed by atoms with Gasteiger partial charge in [0.25, 0.3) is 0 Å². The minimum atomic E-state index is -4.26. The first-order valence-electron chi connectivity index (χ1n) is 5.47. The van der Waals surface area contributed by atoms with Crippen LogP contribution >= 0.6 is 15.9 Å². The number of alkyl halides is 4. The van der Waals surface area contributed by atoms with Gasteiger partial charge in [0.2, 0.25) is 0 Å². The number of rotatable bonds is 5. The molecular formula is C12H15BrF3N. The summed E-state index contributed by atoms with van der Waals surface area (Å²) in [4.78, 5) is 2.06. The van der Waals surface area contributed by atoms with Crippen LogP contribution in [0.1, 0.15) is 18.9 Å². The van der Waals surface area contributed by atoms with Gasteiger partial charge in [0, 0.05) is 24.1 Å². The van der Waals surface area contributed by atoms with E-state index in [4.69, 9.17) is 0 Å². The second-order valence-corrected chi connectivity index (χ2v) is 4.51. The van der Waals surface area contributed by atoms with Gasteiger partial charge >= 0.3 is 6.18 Å². The highest BCUT2D eigenvalue weighted by Crippen LogP contribution is 2.30. The summed E-state index contributed by atoms with van der Waals surface area (Å²) < 4.78 is 37.2. The maximum atomic E-state index is 12.4. The zero-order chi connectivity index (χ0) is 12.9. The van der Waals surface area contributed by atoms with E-state index in [0.29, 0.717) is 0 Å². The third kappa shape index (κ3) is 4.22. The second-order valence-electron chi connectivity index (χ2n) is 3.72. The fraction of sp³-hybridized carbons (Fsp3) is 0.500. The van der Waals surface area contributed by atoms with E-state index in [1.54, 1.807) is 0 Å². The van der Waals surface area contributed by atoms with Crippen LogP contribution in [0, 0.1) is 0 Å². The SMILES string of the molecule is CCCN(CCBr)c1ccc(C(F)(F)F)cc1. The fourth-order valence-electron chi connectivity index (χ4n) is 1.60. The molecule has 0 spiro atoms. The average Bonchev–Trinajstić information content (AvgIpc) is 2.28. The van der Waals surface area contributed by atoms with Gasteiger partial charge in [-0.3, -0.25) is 0 Å². The van der Waals surface area contributed by atoms with Crippen LogP contribution in [-0.4, -0.2) is 18.4 Å². The van der Waals surface area contributed by atoms with Crippen molar-refractivity contribution in [1.82, 2.24) is 0 Å². The van der Waals surface area contributed by atoms with E-state index in [1.165, 1.54) is 12.1 Å². The molecule has 96 valence electrons. The summed E-state index contributed by atoms with van der Waals surface area (Å²) in [6, 6.07) is 5.32. The molecule has 0 aliphatic carbocycles. The van der Waals surface area contributed by atoms with E-state index < -0.39 is 11.7 Å². The Hall–Kier alpha value is -0.710. The Kier molecular flexibility index (Phi) is 5.31. The van der Waals surface area contributed by atoms with E-state index in [9.17, 15) is 13.2 Å². The molecule has 17 heavy (non-hydrogen) atoms. The topological polar surface area (TPSA) is 3.24 Å². The minimum Gasteiger partial charge on any atom is -0.371 e. The molecule has 0 bridgehead atoms. The molecule has 1 aromatic rings. The molecular weight excluding hydrogens is 295 g/mol. The Bertz CT molecular complexity index is 329. The molecule has 0 heterocycles. The molecule has 5 heteroatoms. The lowest BCUT2D eigenvalue weighted by atomic mass is 10.2. The van der Waals surface area contributed by atoms with Crippen LogP contribution in [0.15, 0.2) is 24.3 Å². The van der Waals surface area contributed by atoms with Gasteiger partial charge in [0.1, 0.15) is 0 Å². The van der Waals surface area contributed by atoms with Gasteiger partial charge in [0.15, 0.2) is 0 Å². The van der Waals surface area contributed by atoms with Crippen molar-refractivity contribution in [3.63, 3.8) is 0 Å². The smallest absolute Gasteiger partial charge is 0.371 e. The predicted octanol–water partition coefficient (Wildman–Crippen LogP) is 4.32. The van der Waals surface area contributed by atoms with Crippen molar-refractivity contribution in [1.29, 1.82) is 0 Å². The van der Waals surface area contributed by atoms with Crippen molar-refractivity contribution in [3.05, 3.63) is 29.8 Å². The lowest BCUT2D eigenvalue weighted by molar-refractivity contribution is -0.137. The Morgan fingerprint density at radius 1 is 1.12 bits per heavy atom. The van der Waals surface area contributed by atoms with Crippen molar-refractivity contribution in [2.45, 2.75) is 19.5 Å². The van der Waals surface area contributed by atoms with Gasteiger partial charge < -0.3 is 4.90 Å². The quantitative estimate of drug-likeness (QED) is 0.732. The van der Waals surface area contributed by atoms with Gasteiger partial charge in [-0.05, 0) is 30.7 Å². The molecule has 0 saturated carbocycles. The zero-order valence-electron chi connectivity index (χ0n) is 9.60. The van der Waals surface area contributed by atoms with Crippen molar-refractivity contribution < 1.29 is 13.2 Å². The predicted molar refractivity (Wildman–Crippen MR) is 67.7 cm³/mol. The molecule has 0 aliphatic heterocycles. The van der Waals surface area contributed by atoms with Crippen LogP contribution in [0.2, 0.25) is 0 Å². The molecule has 0 fully saturated rings. The number of anilines is 1. The normalized spacial score (nSPS) is 11.6. The minimum absolute atomic E-state index is 0.600. The van der Waals surface area contributed by atoms with Crippen LogP contribution < -0.4 is 4.90 Å². The Morgan fingerprint density at radius 3 is 2.12 bits per heavy atom. The first kappa shape index (κ1) is 14.4. The highest BCUT2D eigenvalue weighted by molar-refractivity contribution is 9.09. The number of benzene rings is 1. The Morgan fingerprint density at radius 2 is 1.71 bits per heavy atom. The van der Waals surface area contributed by atoms with Crippen molar-refractivity contribution >= 4 is 21.6 Å². The molecule has 1 rings (SSSR count). The number of nitrogens with zero attached hydrogens (tertiary/aromatic N) is 1. The molecule has 0 N–H and O–H groups in total. The van der Waals surface area contributed by atoms with Crippen LogP contribution in [0.4, 0.5) is 18.9 Å². The number of hydrogen-bond donors (Lipinski definition) is 0. The van der Waals surface area contributed by atoms with Gasteiger partial charge in [-0.25, -0.2) is 0 Å². The first-order chi connectivity index (χ1) is 7.99. The molecule has 0 saturated heterocycles. The third-order valence-electron chi connectivity index (χ3n) is 2.41. The lowest BCUT2D eigenvalue weighted by Crippen LogP contribution is -2.26. The summed E-state index contributed by atoms with van der Waals surface area (Å²) in [6.07, 6.45) is -3.29.